The van der Waals surface area contributed by atoms with Crippen LogP contribution < -0.4 is 16.0 Å². The van der Waals surface area contributed by atoms with Crippen LogP contribution in [0, 0.1) is 0 Å². The lowest BCUT2D eigenvalue weighted by atomic mass is 10.5. The molecule has 0 aromatic rings. The average molecular weight is 174 g/mol. The monoisotopic (exact) mass is 174 g/mol. The molecule has 64 valence electrons. The predicted octanol–water partition coefficient (Wildman–Crippen LogP) is -0.672. The van der Waals surface area contributed by atoms with Gasteiger partial charge in [0.2, 0.25) is 0 Å². The third kappa shape index (κ3) is 4.55. The van der Waals surface area contributed by atoms with E-state index in [1.54, 1.807) is 14.1 Å². The van der Waals surface area contributed by atoms with Crippen LogP contribution in [0.25, 0.3) is 0 Å². The van der Waals surface area contributed by atoms with Crippen molar-refractivity contribution in [2.24, 2.45) is 4.99 Å². The van der Waals surface area contributed by atoms with Gasteiger partial charge in [-0.2, -0.15) is 0 Å². The number of rotatable bonds is 2. The lowest BCUT2D eigenvalue weighted by Gasteiger charge is -2.07. The Bertz CT molecular complexity index is 155. The third-order valence-electron chi connectivity index (χ3n) is 1.20. The summed E-state index contributed by atoms with van der Waals surface area (Å²) in [5.74, 6) is 0.877. The molecule has 4 nitrogen and oxygen atoms in total. The van der Waals surface area contributed by atoms with Crippen LogP contribution in [-0.4, -0.2) is 38.6 Å². The fourth-order valence-corrected chi connectivity index (χ4v) is 0.604. The summed E-state index contributed by atoms with van der Waals surface area (Å²) in [6, 6.07) is 0. The molecule has 0 aliphatic heterocycles. The van der Waals surface area contributed by atoms with Crippen LogP contribution in [0.2, 0.25) is 0 Å². The van der Waals surface area contributed by atoms with Crippen molar-refractivity contribution in [3.8, 4) is 0 Å². The van der Waals surface area contributed by atoms with Gasteiger partial charge in [0.05, 0.1) is 6.54 Å². The number of aliphatic imine (C=N–C) groups is 1. The van der Waals surface area contributed by atoms with Gasteiger partial charge in [0, 0.05) is 21.1 Å². The molecule has 0 radical (unpaired) electrons. The highest BCUT2D eigenvalue weighted by Crippen LogP contribution is 1.68. The molecule has 0 rings (SSSR count). The Morgan fingerprint density at radius 2 is 2.00 bits per heavy atom. The highest BCUT2D eigenvalue weighted by molar-refractivity contribution is 7.80. The number of nitrogens with one attached hydrogen (secondary N) is 3. The van der Waals surface area contributed by atoms with Crippen LogP contribution in [0.5, 0.6) is 0 Å². The number of nitrogens with zero attached hydrogens (tertiary/aromatic N) is 1. The Kier molecular flexibility index (Phi) is 5.46. The number of thiocarbonyl (C=S) groups is 1. The average Bonchev–Trinajstić information content (AvgIpc) is 2.06. The Labute approximate surface area is 72.5 Å². The fraction of sp³-hybridized carbons (Fsp3) is 0.667. The summed E-state index contributed by atoms with van der Waals surface area (Å²) in [7, 11) is 5.33. The van der Waals surface area contributed by atoms with Gasteiger partial charge in [-0.15, -0.1) is 0 Å². The molecular formula is C6H14N4S. The highest BCUT2D eigenvalue weighted by Gasteiger charge is 1.94. The topological polar surface area (TPSA) is 48.5 Å². The molecule has 0 aliphatic carbocycles. The van der Waals surface area contributed by atoms with Crippen molar-refractivity contribution < 1.29 is 0 Å². The third-order valence-corrected chi connectivity index (χ3v) is 1.55. The molecular weight excluding hydrogens is 160 g/mol. The summed E-state index contributed by atoms with van der Waals surface area (Å²) >= 11 is 4.86. The molecule has 0 saturated heterocycles. The minimum atomic E-state index is 0.626. The van der Waals surface area contributed by atoms with Crippen molar-refractivity contribution in [2.75, 3.05) is 27.7 Å². The molecule has 0 aliphatic rings. The van der Waals surface area contributed by atoms with Crippen molar-refractivity contribution in [1.29, 1.82) is 0 Å². The van der Waals surface area contributed by atoms with Crippen LogP contribution in [0.15, 0.2) is 4.99 Å². The van der Waals surface area contributed by atoms with E-state index in [1.807, 2.05) is 7.05 Å². The first-order valence-electron chi connectivity index (χ1n) is 3.33. The van der Waals surface area contributed by atoms with Crippen LogP contribution in [0.4, 0.5) is 0 Å². The van der Waals surface area contributed by atoms with Gasteiger partial charge in [0.15, 0.2) is 5.11 Å². The van der Waals surface area contributed by atoms with Crippen molar-refractivity contribution in [3.05, 3.63) is 0 Å². The van der Waals surface area contributed by atoms with Gasteiger partial charge in [0.1, 0.15) is 5.84 Å². The van der Waals surface area contributed by atoms with E-state index in [9.17, 15) is 0 Å². The zero-order valence-corrected chi connectivity index (χ0v) is 7.88. The van der Waals surface area contributed by atoms with Crippen molar-refractivity contribution in [2.45, 2.75) is 0 Å². The SMILES string of the molecule is CN=C(CNC(=S)NC)NC. The largest absolute Gasteiger partial charge is 0.375 e. The molecule has 0 saturated carbocycles. The molecule has 0 aromatic heterocycles. The molecule has 0 amide bonds. The summed E-state index contributed by atoms with van der Waals surface area (Å²) in [4.78, 5) is 3.97. The van der Waals surface area contributed by atoms with E-state index in [0.29, 0.717) is 11.7 Å². The Hall–Kier alpha value is -0.840. The number of likely N-dealkylation sites (N-methyl/N-ethyl adjacent to an activating group) is 1. The van der Waals surface area contributed by atoms with Crippen LogP contribution in [-0.2, 0) is 0 Å². The zero-order valence-electron chi connectivity index (χ0n) is 7.06. The maximum absolute atomic E-state index is 4.86. The maximum Gasteiger partial charge on any atom is 0.166 e. The van der Waals surface area contributed by atoms with Gasteiger partial charge < -0.3 is 16.0 Å². The van der Waals surface area contributed by atoms with Crippen LogP contribution in [0.1, 0.15) is 0 Å². The van der Waals surface area contributed by atoms with Crippen LogP contribution >= 0.6 is 12.2 Å². The highest BCUT2D eigenvalue weighted by atomic mass is 32.1. The minimum Gasteiger partial charge on any atom is -0.375 e. The van der Waals surface area contributed by atoms with E-state index < -0.39 is 0 Å². The molecule has 11 heavy (non-hydrogen) atoms. The number of hydrogen-bond acceptors (Lipinski definition) is 2. The lowest BCUT2D eigenvalue weighted by molar-refractivity contribution is 0.969. The second-order valence-corrected chi connectivity index (χ2v) is 2.26. The first kappa shape index (κ1) is 10.2. The molecule has 0 spiro atoms. The molecule has 0 atom stereocenters. The first-order valence-corrected chi connectivity index (χ1v) is 3.74. The molecule has 3 N–H and O–H groups in total. The second kappa shape index (κ2) is 5.91. The van der Waals surface area contributed by atoms with Gasteiger partial charge in [0.25, 0.3) is 0 Å². The standard InChI is InChI=1S/C6H14N4S/c1-7-5(8-2)4-10-6(11)9-3/h4H2,1-3H3,(H,7,8)(H2,9,10,11). The Balaban J connectivity index is 3.60. The Morgan fingerprint density at radius 3 is 2.36 bits per heavy atom. The summed E-state index contributed by atoms with van der Waals surface area (Å²) < 4.78 is 0. The van der Waals surface area contributed by atoms with Crippen molar-refractivity contribution >= 4 is 23.2 Å². The van der Waals surface area contributed by atoms with E-state index in [2.05, 4.69) is 20.9 Å². The van der Waals surface area contributed by atoms with E-state index in [0.717, 1.165) is 5.84 Å². The van der Waals surface area contributed by atoms with Gasteiger partial charge in [-0.1, -0.05) is 0 Å². The first-order chi connectivity index (χ1) is 5.24. The quantitative estimate of drug-likeness (QED) is 0.295. The fourth-order valence-electron chi connectivity index (χ4n) is 0.532. The molecule has 0 heterocycles. The van der Waals surface area contributed by atoms with E-state index in [4.69, 9.17) is 12.2 Å². The smallest absolute Gasteiger partial charge is 0.166 e. The predicted molar refractivity (Wildman–Crippen MR) is 52.1 cm³/mol. The number of hydrogen-bond donors (Lipinski definition) is 3. The van der Waals surface area contributed by atoms with Crippen molar-refractivity contribution in [1.82, 2.24) is 16.0 Å². The molecule has 0 aromatic carbocycles. The van der Waals surface area contributed by atoms with Gasteiger partial charge in [-0.05, 0) is 12.2 Å². The summed E-state index contributed by atoms with van der Waals surface area (Å²) in [6.45, 7) is 0.632. The van der Waals surface area contributed by atoms with E-state index >= 15 is 0 Å². The molecule has 0 bridgehead atoms. The lowest BCUT2D eigenvalue weighted by Crippen LogP contribution is -2.39. The maximum atomic E-state index is 4.86. The number of amidine groups is 1. The van der Waals surface area contributed by atoms with Gasteiger partial charge >= 0.3 is 0 Å². The summed E-state index contributed by atoms with van der Waals surface area (Å²) in [5, 5.41) is 9.32. The molecule has 0 unspecified atom stereocenters. The summed E-state index contributed by atoms with van der Waals surface area (Å²) in [6.07, 6.45) is 0. The normalized spacial score (nSPS) is 10.6. The van der Waals surface area contributed by atoms with E-state index in [1.165, 1.54) is 0 Å². The van der Waals surface area contributed by atoms with Gasteiger partial charge in [-0.25, -0.2) is 0 Å². The summed E-state index contributed by atoms with van der Waals surface area (Å²) in [5.41, 5.74) is 0. The molecule has 5 heteroatoms. The zero-order chi connectivity index (χ0) is 8.69. The Morgan fingerprint density at radius 1 is 1.36 bits per heavy atom. The van der Waals surface area contributed by atoms with Crippen molar-refractivity contribution in [3.63, 3.8) is 0 Å². The van der Waals surface area contributed by atoms with E-state index in [-0.39, 0.29) is 0 Å². The van der Waals surface area contributed by atoms with Crippen LogP contribution in [0.3, 0.4) is 0 Å². The molecule has 0 fully saturated rings. The minimum absolute atomic E-state index is 0.626. The second-order valence-electron chi connectivity index (χ2n) is 1.85. The van der Waals surface area contributed by atoms with Gasteiger partial charge in [-0.3, -0.25) is 4.99 Å².